The van der Waals surface area contributed by atoms with E-state index in [1.807, 2.05) is 52.0 Å². The number of hydrogen-bond acceptors (Lipinski definition) is 6. The highest BCUT2D eigenvalue weighted by Gasteiger charge is 2.32. The van der Waals surface area contributed by atoms with Crippen molar-refractivity contribution in [2.45, 2.75) is 46.7 Å². The molecule has 204 valence electrons. The number of nitrogens with one attached hydrogen (secondary N) is 1. The van der Waals surface area contributed by atoms with Crippen LogP contribution in [0.3, 0.4) is 0 Å². The van der Waals surface area contributed by atoms with Crippen molar-refractivity contribution in [2.24, 2.45) is 5.92 Å². The predicted molar refractivity (Wildman–Crippen MR) is 145 cm³/mol. The van der Waals surface area contributed by atoms with E-state index in [1.54, 1.807) is 12.1 Å². The van der Waals surface area contributed by atoms with Crippen LogP contribution in [-0.4, -0.2) is 64.7 Å². The second-order valence-electron chi connectivity index (χ2n) is 9.38. The Labute approximate surface area is 220 Å². The Balaban J connectivity index is 2.51. The highest BCUT2D eigenvalue weighted by Crippen LogP contribution is 2.34. The third kappa shape index (κ3) is 8.38. The highest BCUT2D eigenvalue weighted by molar-refractivity contribution is 7.92. The summed E-state index contributed by atoms with van der Waals surface area (Å²) < 4.78 is 37.4. The van der Waals surface area contributed by atoms with E-state index in [4.69, 9.17) is 9.47 Å². The summed E-state index contributed by atoms with van der Waals surface area (Å²) in [6.07, 6.45) is 1.39. The standard InChI is InChI=1S/C27H39N3O6S/c1-8-23(27(32)28-16-19(2)3)29(17-21-11-9-10-20(4)14-21)26(31)18-30(37(7,33)34)24-15-22(35-5)12-13-25(24)36-6/h9-15,19,23H,8,16-18H2,1-7H3,(H,28,32)/t23-/m0/s1. The Hall–Kier alpha value is -3.27. The number of carbonyl (C=O) groups excluding carboxylic acids is 2. The molecule has 2 rings (SSSR count). The molecule has 0 heterocycles. The maximum Gasteiger partial charge on any atom is 0.244 e. The number of nitrogens with zero attached hydrogens (tertiary/aromatic N) is 2. The number of sulfonamides is 1. The van der Waals surface area contributed by atoms with Crippen LogP contribution in [0.4, 0.5) is 5.69 Å². The normalized spacial score (nSPS) is 12.1. The Kier molecular flexibility index (Phi) is 10.8. The van der Waals surface area contributed by atoms with Crippen molar-refractivity contribution in [1.29, 1.82) is 0 Å². The summed E-state index contributed by atoms with van der Waals surface area (Å²) in [5.74, 6) is 0.132. The topological polar surface area (TPSA) is 105 Å². The van der Waals surface area contributed by atoms with E-state index >= 15 is 0 Å². The molecule has 9 nitrogen and oxygen atoms in total. The molecular formula is C27H39N3O6S. The summed E-state index contributed by atoms with van der Waals surface area (Å²) in [4.78, 5) is 28.4. The zero-order chi connectivity index (χ0) is 27.8. The van der Waals surface area contributed by atoms with Crippen LogP contribution in [0.15, 0.2) is 42.5 Å². The molecule has 0 saturated heterocycles. The molecule has 0 bridgehead atoms. The van der Waals surface area contributed by atoms with E-state index < -0.39 is 28.5 Å². The second kappa shape index (κ2) is 13.3. The lowest BCUT2D eigenvalue weighted by molar-refractivity contribution is -0.140. The lowest BCUT2D eigenvalue weighted by atomic mass is 10.1. The fourth-order valence-electron chi connectivity index (χ4n) is 3.94. The molecule has 0 unspecified atom stereocenters. The molecule has 37 heavy (non-hydrogen) atoms. The molecule has 10 heteroatoms. The fraction of sp³-hybridized carbons (Fsp3) is 0.481. The maximum absolute atomic E-state index is 13.8. The first kappa shape index (κ1) is 30.0. The van der Waals surface area contributed by atoms with E-state index in [9.17, 15) is 18.0 Å². The molecule has 0 aromatic heterocycles. The minimum atomic E-state index is -3.91. The van der Waals surface area contributed by atoms with Crippen LogP contribution < -0.4 is 19.1 Å². The molecular weight excluding hydrogens is 494 g/mol. The van der Waals surface area contributed by atoms with E-state index in [-0.39, 0.29) is 29.8 Å². The van der Waals surface area contributed by atoms with E-state index in [2.05, 4.69) is 5.32 Å². The van der Waals surface area contributed by atoms with Gasteiger partial charge in [-0.05, 0) is 37.0 Å². The number of rotatable bonds is 13. The van der Waals surface area contributed by atoms with Crippen molar-refractivity contribution in [2.75, 3.05) is 37.9 Å². The van der Waals surface area contributed by atoms with Gasteiger partial charge in [0, 0.05) is 19.2 Å². The molecule has 0 fully saturated rings. The van der Waals surface area contributed by atoms with Crippen molar-refractivity contribution < 1.29 is 27.5 Å². The van der Waals surface area contributed by atoms with Gasteiger partial charge >= 0.3 is 0 Å². The van der Waals surface area contributed by atoms with Crippen molar-refractivity contribution in [3.8, 4) is 11.5 Å². The summed E-state index contributed by atoms with van der Waals surface area (Å²) in [5, 5.41) is 2.91. The van der Waals surface area contributed by atoms with Gasteiger partial charge < -0.3 is 19.7 Å². The van der Waals surface area contributed by atoms with Gasteiger partial charge in [-0.25, -0.2) is 8.42 Å². The number of benzene rings is 2. The first-order chi connectivity index (χ1) is 17.4. The van der Waals surface area contributed by atoms with Crippen LogP contribution >= 0.6 is 0 Å². The van der Waals surface area contributed by atoms with Gasteiger partial charge in [-0.15, -0.1) is 0 Å². The number of carbonyl (C=O) groups is 2. The molecule has 0 aliphatic carbocycles. The van der Waals surface area contributed by atoms with Crippen LogP contribution in [0.5, 0.6) is 11.5 Å². The molecule has 1 atom stereocenters. The van der Waals surface area contributed by atoms with Gasteiger partial charge in [-0.2, -0.15) is 0 Å². The SMILES string of the molecule is CC[C@@H](C(=O)NCC(C)C)N(Cc1cccc(C)c1)C(=O)CN(c1cc(OC)ccc1OC)S(C)(=O)=O. The molecule has 0 saturated carbocycles. The third-order valence-electron chi connectivity index (χ3n) is 5.84. The molecule has 1 N–H and O–H groups in total. The smallest absolute Gasteiger partial charge is 0.244 e. The molecule has 2 aromatic carbocycles. The average Bonchev–Trinajstić information content (AvgIpc) is 2.84. The quantitative estimate of drug-likeness (QED) is 0.423. The lowest BCUT2D eigenvalue weighted by Crippen LogP contribution is -2.52. The Morgan fingerprint density at radius 3 is 2.30 bits per heavy atom. The summed E-state index contributed by atoms with van der Waals surface area (Å²) in [6, 6.07) is 11.6. The van der Waals surface area contributed by atoms with Crippen LogP contribution in [0.25, 0.3) is 0 Å². The largest absolute Gasteiger partial charge is 0.497 e. The lowest BCUT2D eigenvalue weighted by Gasteiger charge is -2.33. The average molecular weight is 534 g/mol. The van der Waals surface area contributed by atoms with Gasteiger partial charge in [0.1, 0.15) is 24.1 Å². The number of aryl methyl sites for hydroxylation is 1. The van der Waals surface area contributed by atoms with Gasteiger partial charge in [0.05, 0.1) is 26.2 Å². The van der Waals surface area contributed by atoms with Gasteiger partial charge in [0.25, 0.3) is 0 Å². The van der Waals surface area contributed by atoms with Crippen LogP contribution in [-0.2, 0) is 26.2 Å². The zero-order valence-corrected chi connectivity index (χ0v) is 23.6. The zero-order valence-electron chi connectivity index (χ0n) is 22.8. The van der Waals surface area contributed by atoms with Gasteiger partial charge in [0.2, 0.25) is 21.8 Å². The Morgan fingerprint density at radius 1 is 1.05 bits per heavy atom. The molecule has 0 aliphatic rings. The maximum atomic E-state index is 13.8. The van der Waals surface area contributed by atoms with Gasteiger partial charge in [-0.3, -0.25) is 13.9 Å². The van der Waals surface area contributed by atoms with E-state index in [0.717, 1.165) is 21.7 Å². The predicted octanol–water partition coefficient (Wildman–Crippen LogP) is 3.36. The van der Waals surface area contributed by atoms with E-state index in [0.29, 0.717) is 18.7 Å². The minimum Gasteiger partial charge on any atom is -0.497 e. The first-order valence-electron chi connectivity index (χ1n) is 12.2. The minimum absolute atomic E-state index is 0.154. The van der Waals surface area contributed by atoms with Gasteiger partial charge in [-0.1, -0.05) is 50.6 Å². The number of amides is 2. The van der Waals surface area contributed by atoms with Gasteiger partial charge in [0.15, 0.2) is 0 Å². The fourth-order valence-corrected chi connectivity index (χ4v) is 4.78. The summed E-state index contributed by atoms with van der Waals surface area (Å²) in [7, 11) is -1.02. The number of hydrogen-bond donors (Lipinski definition) is 1. The monoisotopic (exact) mass is 533 g/mol. The molecule has 2 aromatic rings. The molecule has 0 aliphatic heterocycles. The van der Waals surface area contributed by atoms with Crippen LogP contribution in [0.1, 0.15) is 38.3 Å². The Morgan fingerprint density at radius 2 is 1.76 bits per heavy atom. The summed E-state index contributed by atoms with van der Waals surface area (Å²) in [5.41, 5.74) is 2.03. The van der Waals surface area contributed by atoms with Crippen molar-refractivity contribution in [3.63, 3.8) is 0 Å². The number of anilines is 1. The first-order valence-corrected chi connectivity index (χ1v) is 14.1. The van der Waals surface area contributed by atoms with Crippen LogP contribution in [0.2, 0.25) is 0 Å². The second-order valence-corrected chi connectivity index (χ2v) is 11.3. The van der Waals surface area contributed by atoms with E-state index in [1.165, 1.54) is 25.2 Å². The van der Waals surface area contributed by atoms with Crippen molar-refractivity contribution in [3.05, 3.63) is 53.6 Å². The van der Waals surface area contributed by atoms with Crippen molar-refractivity contribution >= 4 is 27.5 Å². The van der Waals surface area contributed by atoms with Crippen molar-refractivity contribution in [1.82, 2.24) is 10.2 Å². The van der Waals surface area contributed by atoms with Crippen LogP contribution in [0, 0.1) is 12.8 Å². The third-order valence-corrected chi connectivity index (χ3v) is 6.97. The number of methoxy groups -OCH3 is 2. The number of ether oxygens (including phenoxy) is 2. The summed E-state index contributed by atoms with van der Waals surface area (Å²) >= 11 is 0. The Bertz CT molecular complexity index is 1180. The molecule has 0 spiro atoms. The molecule has 0 radical (unpaired) electrons. The molecule has 2 amide bonds. The summed E-state index contributed by atoms with van der Waals surface area (Å²) in [6.45, 7) is 7.87. The highest BCUT2D eigenvalue weighted by atomic mass is 32.2.